The Bertz CT molecular complexity index is 131. The summed E-state index contributed by atoms with van der Waals surface area (Å²) < 4.78 is 0. The number of ketones is 1. The molecule has 13 heavy (non-hydrogen) atoms. The molecule has 0 radical (unpaired) electrons. The Labute approximate surface area is 86.5 Å². The topological polar surface area (TPSA) is 34.1 Å². The first kappa shape index (κ1) is 15.2. The average Bonchev–Trinajstić information content (AvgIpc) is 2.06. The highest BCUT2D eigenvalue weighted by Gasteiger charge is 2.01. The van der Waals surface area contributed by atoms with Crippen molar-refractivity contribution in [2.24, 2.45) is 5.92 Å². The summed E-state index contributed by atoms with van der Waals surface area (Å²) in [5.74, 6) is 1.05. The number of aldehydes is 1. The maximum atomic E-state index is 10.2. The zero-order valence-electron chi connectivity index (χ0n) is 8.75. The van der Waals surface area contributed by atoms with Crippen LogP contribution in [0.5, 0.6) is 0 Å². The van der Waals surface area contributed by atoms with Crippen molar-refractivity contribution in [2.75, 3.05) is 5.75 Å². The Hall–Kier alpha value is -0.310. The summed E-state index contributed by atoms with van der Waals surface area (Å²) in [4.78, 5) is 19.6. The molecule has 0 bridgehead atoms. The third-order valence-electron chi connectivity index (χ3n) is 1.36. The van der Waals surface area contributed by atoms with E-state index in [0.29, 0.717) is 5.75 Å². The van der Waals surface area contributed by atoms with Crippen LogP contribution >= 0.6 is 12.6 Å². The van der Waals surface area contributed by atoms with Gasteiger partial charge in [-0.3, -0.25) is 0 Å². The lowest BCUT2D eigenvalue weighted by Gasteiger charge is -2.02. The predicted molar refractivity (Wildman–Crippen MR) is 59.3 cm³/mol. The molecule has 0 saturated carbocycles. The van der Waals surface area contributed by atoms with Crippen LogP contribution in [0.15, 0.2) is 0 Å². The quantitative estimate of drug-likeness (QED) is 0.551. The van der Waals surface area contributed by atoms with E-state index in [0.717, 1.165) is 25.5 Å². The molecule has 0 aliphatic rings. The van der Waals surface area contributed by atoms with E-state index in [-0.39, 0.29) is 11.7 Å². The van der Waals surface area contributed by atoms with Gasteiger partial charge >= 0.3 is 0 Å². The van der Waals surface area contributed by atoms with Gasteiger partial charge in [-0.2, -0.15) is 12.6 Å². The summed E-state index contributed by atoms with van der Waals surface area (Å²) in [6, 6.07) is 0. The number of hydrogen-bond acceptors (Lipinski definition) is 3. The summed E-state index contributed by atoms with van der Waals surface area (Å²) >= 11 is 4.04. The molecule has 0 aromatic heterocycles. The fourth-order valence-corrected chi connectivity index (χ4v) is 0.937. The third-order valence-corrected chi connectivity index (χ3v) is 1.82. The molecule has 0 aliphatic carbocycles. The summed E-state index contributed by atoms with van der Waals surface area (Å²) in [5, 5.41) is 0. The fraction of sp³-hybridized carbons (Fsp3) is 0.800. The molecular formula is C10H20O2S. The van der Waals surface area contributed by atoms with Gasteiger partial charge in [0.2, 0.25) is 0 Å². The number of carbonyl (C=O) groups excluding carboxylic acids is 2. The zero-order chi connectivity index (χ0) is 10.7. The molecule has 0 spiro atoms. The van der Waals surface area contributed by atoms with Crippen molar-refractivity contribution in [1.82, 2.24) is 0 Å². The second kappa shape index (κ2) is 11.7. The minimum atomic E-state index is 0.167. The van der Waals surface area contributed by atoms with Crippen LogP contribution in [0.4, 0.5) is 0 Å². The number of Topliss-reactive ketones (excluding diaryl/α,β-unsaturated/α-hetero) is 1. The largest absolute Gasteiger partial charge is 0.303 e. The number of carbonyl (C=O) groups is 2. The van der Waals surface area contributed by atoms with Gasteiger partial charge in [0, 0.05) is 5.92 Å². The Morgan fingerprint density at radius 1 is 1.46 bits per heavy atom. The lowest BCUT2D eigenvalue weighted by molar-refractivity contribution is -0.115. The predicted octanol–water partition coefficient (Wildman–Crippen LogP) is 2.52. The van der Waals surface area contributed by atoms with Gasteiger partial charge in [0.15, 0.2) is 0 Å². The number of hydrogen-bond donors (Lipinski definition) is 1. The Balaban J connectivity index is 0. The summed E-state index contributed by atoms with van der Waals surface area (Å²) in [7, 11) is 0. The fourth-order valence-electron chi connectivity index (χ4n) is 0.669. The smallest absolute Gasteiger partial charge is 0.126 e. The highest BCUT2D eigenvalue weighted by molar-refractivity contribution is 7.80. The van der Waals surface area contributed by atoms with Gasteiger partial charge in [0.1, 0.15) is 12.1 Å². The van der Waals surface area contributed by atoms with Crippen LogP contribution in [0.3, 0.4) is 0 Å². The van der Waals surface area contributed by atoms with Crippen molar-refractivity contribution < 1.29 is 9.59 Å². The second-order valence-corrected chi connectivity index (χ2v) is 3.49. The molecule has 1 unspecified atom stereocenters. The van der Waals surface area contributed by atoms with E-state index in [9.17, 15) is 9.59 Å². The molecule has 0 fully saturated rings. The Kier molecular flexibility index (Phi) is 13.6. The Morgan fingerprint density at radius 2 is 1.92 bits per heavy atom. The van der Waals surface area contributed by atoms with Gasteiger partial charge in [0.05, 0.1) is 0 Å². The molecule has 2 nitrogen and oxygen atoms in total. The van der Waals surface area contributed by atoms with E-state index in [4.69, 9.17) is 0 Å². The number of thiol groups is 1. The van der Waals surface area contributed by atoms with Crippen molar-refractivity contribution in [2.45, 2.75) is 40.0 Å². The minimum absolute atomic E-state index is 0.167. The third kappa shape index (κ3) is 18.6. The standard InChI is InChI=1S/C7H14OS.C3H6O/c1-2-3-4-7(5-8)6-9;1-3(2)4/h5,7,9H,2-4,6H2,1H3;1-2H3. The second-order valence-electron chi connectivity index (χ2n) is 3.13. The molecule has 0 heterocycles. The first-order chi connectivity index (χ1) is 6.08. The summed E-state index contributed by atoms with van der Waals surface area (Å²) in [6.07, 6.45) is 4.31. The zero-order valence-corrected chi connectivity index (χ0v) is 9.64. The van der Waals surface area contributed by atoms with Crippen LogP contribution in [0.2, 0.25) is 0 Å². The van der Waals surface area contributed by atoms with Crippen LogP contribution in [0.25, 0.3) is 0 Å². The molecule has 0 aromatic carbocycles. The van der Waals surface area contributed by atoms with Crippen LogP contribution < -0.4 is 0 Å². The Morgan fingerprint density at radius 3 is 2.15 bits per heavy atom. The normalized spacial score (nSPS) is 11.1. The molecule has 0 aliphatic heterocycles. The lowest BCUT2D eigenvalue weighted by Crippen LogP contribution is -2.02. The first-order valence-electron chi connectivity index (χ1n) is 4.61. The van der Waals surface area contributed by atoms with Crippen molar-refractivity contribution in [3.05, 3.63) is 0 Å². The van der Waals surface area contributed by atoms with Crippen LogP contribution in [0.1, 0.15) is 40.0 Å². The first-order valence-corrected chi connectivity index (χ1v) is 5.25. The molecule has 0 N–H and O–H groups in total. The molecular weight excluding hydrogens is 184 g/mol. The van der Waals surface area contributed by atoms with E-state index in [1.807, 2.05) is 0 Å². The SMILES string of the molecule is CC(C)=O.CCCCC(C=O)CS. The maximum absolute atomic E-state index is 10.2. The molecule has 0 saturated heterocycles. The van der Waals surface area contributed by atoms with E-state index < -0.39 is 0 Å². The van der Waals surface area contributed by atoms with Crippen LogP contribution in [-0.4, -0.2) is 17.8 Å². The van der Waals surface area contributed by atoms with Crippen molar-refractivity contribution in [1.29, 1.82) is 0 Å². The van der Waals surface area contributed by atoms with Crippen molar-refractivity contribution >= 4 is 24.7 Å². The molecule has 78 valence electrons. The van der Waals surface area contributed by atoms with Gasteiger partial charge in [-0.15, -0.1) is 0 Å². The van der Waals surface area contributed by atoms with E-state index in [1.165, 1.54) is 13.8 Å². The van der Waals surface area contributed by atoms with Crippen molar-refractivity contribution in [3.8, 4) is 0 Å². The van der Waals surface area contributed by atoms with E-state index in [2.05, 4.69) is 19.6 Å². The molecule has 3 heteroatoms. The lowest BCUT2D eigenvalue weighted by atomic mass is 10.1. The molecule has 0 amide bonds. The molecule has 1 atom stereocenters. The van der Waals surface area contributed by atoms with Gasteiger partial charge in [-0.1, -0.05) is 19.8 Å². The number of unbranched alkanes of at least 4 members (excludes halogenated alkanes) is 1. The molecule has 0 aromatic rings. The van der Waals surface area contributed by atoms with E-state index in [1.54, 1.807) is 0 Å². The van der Waals surface area contributed by atoms with Gasteiger partial charge in [0.25, 0.3) is 0 Å². The average molecular weight is 204 g/mol. The van der Waals surface area contributed by atoms with Gasteiger partial charge in [-0.25, -0.2) is 0 Å². The monoisotopic (exact) mass is 204 g/mol. The van der Waals surface area contributed by atoms with Gasteiger partial charge < -0.3 is 9.59 Å². The minimum Gasteiger partial charge on any atom is -0.303 e. The maximum Gasteiger partial charge on any atom is 0.126 e. The van der Waals surface area contributed by atoms with Crippen molar-refractivity contribution in [3.63, 3.8) is 0 Å². The summed E-state index contributed by atoms with van der Waals surface area (Å²) in [5.41, 5.74) is 0. The summed E-state index contributed by atoms with van der Waals surface area (Å²) in [6.45, 7) is 5.18. The highest BCUT2D eigenvalue weighted by Crippen LogP contribution is 2.06. The van der Waals surface area contributed by atoms with Crippen LogP contribution in [0, 0.1) is 5.92 Å². The van der Waals surface area contributed by atoms with Gasteiger partial charge in [-0.05, 0) is 26.0 Å². The van der Waals surface area contributed by atoms with E-state index >= 15 is 0 Å². The van der Waals surface area contributed by atoms with Crippen LogP contribution in [-0.2, 0) is 9.59 Å². The highest BCUT2D eigenvalue weighted by atomic mass is 32.1. The number of rotatable bonds is 5. The molecule has 0 rings (SSSR count).